The van der Waals surface area contributed by atoms with Gasteiger partial charge in [0.1, 0.15) is 12.3 Å². The third kappa shape index (κ3) is 1.36. The Balaban J connectivity index is 2.39. The molecule has 0 saturated carbocycles. The molecule has 0 radical (unpaired) electrons. The fourth-order valence-electron chi connectivity index (χ4n) is 1.59. The first-order valence-electron chi connectivity index (χ1n) is 4.31. The van der Waals surface area contributed by atoms with Crippen LogP contribution >= 0.6 is 0 Å². The van der Waals surface area contributed by atoms with Gasteiger partial charge in [0.2, 0.25) is 0 Å². The predicted octanol–water partition coefficient (Wildman–Crippen LogP) is 1.86. The van der Waals surface area contributed by atoms with Crippen molar-refractivity contribution in [3.8, 4) is 0 Å². The number of alkyl halides is 2. The fraction of sp³-hybridized carbons (Fsp3) is 0.300. The molecule has 0 aromatic heterocycles. The molecule has 0 fully saturated rings. The Morgan fingerprint density at radius 1 is 1.43 bits per heavy atom. The molecule has 1 aromatic carbocycles. The molecule has 14 heavy (non-hydrogen) atoms. The van der Waals surface area contributed by atoms with Gasteiger partial charge in [-0.1, -0.05) is 18.2 Å². The van der Waals surface area contributed by atoms with Gasteiger partial charge in [0.05, 0.1) is 0 Å². The lowest BCUT2D eigenvalue weighted by Gasteiger charge is -2.30. The minimum absolute atomic E-state index is 0.260. The number of para-hydroxylation sites is 1. The first-order chi connectivity index (χ1) is 6.63. The second kappa shape index (κ2) is 3.04. The van der Waals surface area contributed by atoms with Crippen LogP contribution in [0.2, 0.25) is 0 Å². The maximum absolute atomic E-state index is 13.3. The third-order valence-corrected chi connectivity index (χ3v) is 2.35. The highest BCUT2D eigenvalue weighted by molar-refractivity contribution is 5.70. The Hall–Kier alpha value is -1.45. The van der Waals surface area contributed by atoms with Crippen LogP contribution in [0.3, 0.4) is 0 Å². The normalized spacial score (nSPS) is 23.4. The molecule has 1 unspecified atom stereocenters. The van der Waals surface area contributed by atoms with Gasteiger partial charge in [-0.05, 0) is 11.6 Å². The van der Waals surface area contributed by atoms with E-state index in [2.05, 4.69) is 5.32 Å². The van der Waals surface area contributed by atoms with Crippen LogP contribution < -0.4 is 5.32 Å². The maximum atomic E-state index is 13.3. The molecular formula is C10H9F2NO. The summed E-state index contributed by atoms with van der Waals surface area (Å²) in [6.45, 7) is 0. The number of nitrogens with one attached hydrogen (secondary N) is 1. The van der Waals surface area contributed by atoms with E-state index in [4.69, 9.17) is 0 Å². The molecule has 1 aromatic rings. The number of carbonyl (C=O) groups excluding carboxylic acids is 1. The Morgan fingerprint density at radius 3 is 2.86 bits per heavy atom. The highest BCUT2D eigenvalue weighted by atomic mass is 19.3. The van der Waals surface area contributed by atoms with Crippen molar-refractivity contribution in [1.82, 2.24) is 0 Å². The zero-order valence-electron chi connectivity index (χ0n) is 7.34. The van der Waals surface area contributed by atoms with E-state index >= 15 is 0 Å². The lowest BCUT2D eigenvalue weighted by molar-refractivity contribution is -0.116. The van der Waals surface area contributed by atoms with Gasteiger partial charge < -0.3 is 10.1 Å². The molecule has 0 spiro atoms. The summed E-state index contributed by atoms with van der Waals surface area (Å²) in [5.41, 5.74) is 1.17. The fourth-order valence-corrected chi connectivity index (χ4v) is 1.59. The SMILES string of the molecule is O=CC1Nc2ccccc2CC1(F)F. The number of halogens is 2. The average Bonchev–Trinajstić information content (AvgIpc) is 2.15. The number of carbonyl (C=O) groups is 1. The van der Waals surface area contributed by atoms with Crippen LogP contribution in [-0.2, 0) is 11.2 Å². The van der Waals surface area contributed by atoms with E-state index in [9.17, 15) is 13.6 Å². The number of anilines is 1. The minimum Gasteiger partial charge on any atom is -0.370 e. The van der Waals surface area contributed by atoms with Gasteiger partial charge in [-0.2, -0.15) is 0 Å². The van der Waals surface area contributed by atoms with E-state index in [1.165, 1.54) is 0 Å². The topological polar surface area (TPSA) is 29.1 Å². The molecule has 0 saturated heterocycles. The monoisotopic (exact) mass is 197 g/mol. The molecule has 1 N–H and O–H groups in total. The summed E-state index contributed by atoms with van der Waals surface area (Å²) in [6.07, 6.45) is -0.116. The lowest BCUT2D eigenvalue weighted by atomic mass is 9.95. The summed E-state index contributed by atoms with van der Waals surface area (Å²) >= 11 is 0. The number of aldehydes is 1. The van der Waals surface area contributed by atoms with Crippen LogP contribution in [0.1, 0.15) is 5.56 Å². The number of hydrogen-bond acceptors (Lipinski definition) is 2. The van der Waals surface area contributed by atoms with E-state index in [0.717, 1.165) is 0 Å². The Labute approximate surface area is 79.9 Å². The zero-order chi connectivity index (χ0) is 10.2. The summed E-state index contributed by atoms with van der Waals surface area (Å²) in [7, 11) is 0. The van der Waals surface area contributed by atoms with Crippen molar-refractivity contribution in [2.24, 2.45) is 0 Å². The summed E-state index contributed by atoms with van der Waals surface area (Å²) in [4.78, 5) is 10.4. The summed E-state index contributed by atoms with van der Waals surface area (Å²) < 4.78 is 26.5. The largest absolute Gasteiger partial charge is 0.370 e. The van der Waals surface area contributed by atoms with Crippen LogP contribution in [0, 0.1) is 0 Å². The van der Waals surface area contributed by atoms with E-state index in [-0.39, 0.29) is 12.7 Å². The molecule has 2 rings (SSSR count). The smallest absolute Gasteiger partial charge is 0.278 e. The van der Waals surface area contributed by atoms with Crippen LogP contribution in [0.25, 0.3) is 0 Å². The van der Waals surface area contributed by atoms with Crippen molar-refractivity contribution >= 4 is 12.0 Å². The van der Waals surface area contributed by atoms with Crippen molar-refractivity contribution in [3.05, 3.63) is 29.8 Å². The van der Waals surface area contributed by atoms with Gasteiger partial charge in [0.25, 0.3) is 5.92 Å². The maximum Gasteiger partial charge on any atom is 0.278 e. The van der Waals surface area contributed by atoms with Crippen LogP contribution in [-0.4, -0.2) is 18.3 Å². The minimum atomic E-state index is -2.99. The molecule has 1 heterocycles. The molecule has 2 nitrogen and oxygen atoms in total. The molecule has 1 aliphatic rings. The van der Waals surface area contributed by atoms with Crippen LogP contribution in [0.5, 0.6) is 0 Å². The average molecular weight is 197 g/mol. The van der Waals surface area contributed by atoms with Gasteiger partial charge in [-0.3, -0.25) is 0 Å². The second-order valence-electron chi connectivity index (χ2n) is 3.35. The molecular weight excluding hydrogens is 188 g/mol. The van der Waals surface area contributed by atoms with Crippen molar-refractivity contribution in [2.45, 2.75) is 18.4 Å². The highest BCUT2D eigenvalue weighted by Gasteiger charge is 2.43. The van der Waals surface area contributed by atoms with Crippen LogP contribution in [0.15, 0.2) is 24.3 Å². The van der Waals surface area contributed by atoms with Crippen LogP contribution in [0.4, 0.5) is 14.5 Å². The molecule has 4 heteroatoms. The Bertz CT molecular complexity index is 365. The van der Waals surface area contributed by atoms with E-state index in [1.54, 1.807) is 24.3 Å². The Morgan fingerprint density at radius 2 is 2.14 bits per heavy atom. The second-order valence-corrected chi connectivity index (χ2v) is 3.35. The van der Waals surface area contributed by atoms with Crippen molar-refractivity contribution in [3.63, 3.8) is 0 Å². The first-order valence-corrected chi connectivity index (χ1v) is 4.31. The van der Waals surface area contributed by atoms with Gasteiger partial charge in [0.15, 0.2) is 0 Å². The first kappa shape index (κ1) is 9.12. The lowest BCUT2D eigenvalue weighted by Crippen LogP contribution is -2.46. The van der Waals surface area contributed by atoms with Crippen molar-refractivity contribution < 1.29 is 13.6 Å². The predicted molar refractivity (Wildman–Crippen MR) is 48.6 cm³/mol. The molecule has 74 valence electrons. The van der Waals surface area contributed by atoms with Gasteiger partial charge in [-0.25, -0.2) is 8.78 Å². The van der Waals surface area contributed by atoms with E-state index in [0.29, 0.717) is 11.3 Å². The zero-order valence-corrected chi connectivity index (χ0v) is 7.34. The Kier molecular flexibility index (Phi) is 1.98. The highest BCUT2D eigenvalue weighted by Crippen LogP contribution is 2.33. The van der Waals surface area contributed by atoms with Gasteiger partial charge in [0, 0.05) is 12.1 Å². The summed E-state index contributed by atoms with van der Waals surface area (Å²) in [5.74, 6) is -2.99. The molecule has 0 aliphatic carbocycles. The number of hydrogen-bond donors (Lipinski definition) is 1. The number of fused-ring (bicyclic) bond motifs is 1. The van der Waals surface area contributed by atoms with Gasteiger partial charge in [-0.15, -0.1) is 0 Å². The summed E-state index contributed by atoms with van der Waals surface area (Å²) in [5, 5.41) is 2.52. The molecule has 0 bridgehead atoms. The number of benzene rings is 1. The quantitative estimate of drug-likeness (QED) is 0.696. The summed E-state index contributed by atoms with van der Waals surface area (Å²) in [6, 6.07) is 5.38. The molecule has 1 atom stereocenters. The standard InChI is InChI=1S/C10H9F2NO/c11-10(12)5-7-3-1-2-4-8(7)13-9(10)6-14/h1-4,6,9,13H,5H2. The van der Waals surface area contributed by atoms with Gasteiger partial charge >= 0.3 is 0 Å². The number of rotatable bonds is 1. The van der Waals surface area contributed by atoms with Crippen molar-refractivity contribution in [1.29, 1.82) is 0 Å². The molecule has 0 amide bonds. The van der Waals surface area contributed by atoms with Crippen molar-refractivity contribution in [2.75, 3.05) is 5.32 Å². The van der Waals surface area contributed by atoms with E-state index in [1.807, 2.05) is 0 Å². The molecule has 1 aliphatic heterocycles. The van der Waals surface area contributed by atoms with E-state index < -0.39 is 12.0 Å². The third-order valence-electron chi connectivity index (χ3n) is 2.35.